The summed E-state index contributed by atoms with van der Waals surface area (Å²) in [5.41, 5.74) is 0. The van der Waals surface area contributed by atoms with E-state index < -0.39 is 6.29 Å². The molecule has 0 spiro atoms. The van der Waals surface area contributed by atoms with E-state index in [1.807, 2.05) is 0 Å². The van der Waals surface area contributed by atoms with Crippen LogP contribution in [0.3, 0.4) is 0 Å². The molecular formula is C28H51NO3. The van der Waals surface area contributed by atoms with E-state index in [-0.39, 0.29) is 0 Å². The van der Waals surface area contributed by atoms with E-state index in [9.17, 15) is 10.2 Å². The summed E-state index contributed by atoms with van der Waals surface area (Å²) in [4.78, 5) is 2.99. The minimum Gasteiger partial charge on any atom is -0.396 e. The Bertz CT molecular complexity index is 527. The van der Waals surface area contributed by atoms with Crippen molar-refractivity contribution in [1.29, 1.82) is 0 Å². The number of likely N-dealkylation sites (tertiary alicyclic amines) is 1. The summed E-state index contributed by atoms with van der Waals surface area (Å²) in [5.74, 6) is 4.34. The van der Waals surface area contributed by atoms with Crippen LogP contribution in [0.25, 0.3) is 0 Å². The van der Waals surface area contributed by atoms with Gasteiger partial charge in [0.2, 0.25) is 0 Å². The van der Waals surface area contributed by atoms with Crippen LogP contribution in [0, 0.1) is 29.6 Å². The van der Waals surface area contributed by atoms with Gasteiger partial charge in [0.05, 0.1) is 0 Å². The van der Waals surface area contributed by atoms with Crippen molar-refractivity contribution in [3.8, 4) is 0 Å². The van der Waals surface area contributed by atoms with Crippen LogP contribution < -0.4 is 0 Å². The van der Waals surface area contributed by atoms with Gasteiger partial charge in [-0.15, -0.1) is 0 Å². The van der Waals surface area contributed by atoms with Crippen molar-refractivity contribution in [2.75, 3.05) is 19.8 Å². The smallest absolute Gasteiger partial charge is 0.151 e. The first-order chi connectivity index (χ1) is 15.6. The van der Waals surface area contributed by atoms with Gasteiger partial charge in [-0.2, -0.15) is 0 Å². The fourth-order valence-corrected chi connectivity index (χ4v) is 8.01. The molecule has 0 amide bonds. The Kier molecular flexibility index (Phi) is 9.76. The van der Waals surface area contributed by atoms with Gasteiger partial charge in [-0.05, 0) is 101 Å². The lowest BCUT2D eigenvalue weighted by molar-refractivity contribution is -0.0899. The molecule has 4 aliphatic rings. The van der Waals surface area contributed by atoms with Crippen LogP contribution in [0.2, 0.25) is 0 Å². The quantitative estimate of drug-likeness (QED) is 0.417. The van der Waals surface area contributed by atoms with Gasteiger partial charge in [0.15, 0.2) is 6.29 Å². The molecule has 0 bridgehead atoms. The standard InChI is InChI=1S/C28H51NO3/c1-21(31)32-18-16-24-10-14-28-27(19-24)25(11-7-22-5-3-2-4-6-22)20-29(28)26-12-8-23(9-13-26)15-17-30/h21-28,30-31H,2-20H2,1H3. The average molecular weight is 450 g/mol. The molecule has 0 aromatic carbocycles. The van der Waals surface area contributed by atoms with E-state index >= 15 is 0 Å². The first kappa shape index (κ1) is 24.9. The Hall–Kier alpha value is -0.160. The molecule has 186 valence electrons. The van der Waals surface area contributed by atoms with Gasteiger partial charge in [-0.3, -0.25) is 4.90 Å². The van der Waals surface area contributed by atoms with Gasteiger partial charge >= 0.3 is 0 Å². The highest BCUT2D eigenvalue weighted by molar-refractivity contribution is 5.00. The van der Waals surface area contributed by atoms with Crippen molar-refractivity contribution in [3.05, 3.63) is 0 Å². The maximum Gasteiger partial charge on any atom is 0.151 e. The molecule has 4 nitrogen and oxygen atoms in total. The number of nitrogens with zero attached hydrogens (tertiary/aromatic N) is 1. The summed E-state index contributed by atoms with van der Waals surface area (Å²) >= 11 is 0. The lowest BCUT2D eigenvalue weighted by atomic mass is 9.71. The lowest BCUT2D eigenvalue weighted by Gasteiger charge is -2.42. The molecule has 3 saturated carbocycles. The number of rotatable bonds is 10. The zero-order chi connectivity index (χ0) is 22.3. The maximum absolute atomic E-state index is 9.46. The summed E-state index contributed by atoms with van der Waals surface area (Å²) in [6, 6.07) is 1.62. The summed E-state index contributed by atoms with van der Waals surface area (Å²) in [5, 5.41) is 18.8. The van der Waals surface area contributed by atoms with E-state index in [1.54, 1.807) is 6.92 Å². The Balaban J connectivity index is 1.34. The topological polar surface area (TPSA) is 52.9 Å². The van der Waals surface area contributed by atoms with Crippen LogP contribution in [0.1, 0.15) is 110 Å². The van der Waals surface area contributed by atoms with E-state index in [2.05, 4.69) is 4.90 Å². The van der Waals surface area contributed by atoms with Crippen molar-refractivity contribution in [1.82, 2.24) is 4.90 Å². The third kappa shape index (κ3) is 6.71. The molecule has 1 heterocycles. The normalized spacial score (nSPS) is 38.0. The zero-order valence-corrected chi connectivity index (χ0v) is 20.8. The summed E-state index contributed by atoms with van der Waals surface area (Å²) in [7, 11) is 0. The van der Waals surface area contributed by atoms with Gasteiger partial charge in [0.1, 0.15) is 0 Å². The third-order valence-electron chi connectivity index (χ3n) is 9.83. The van der Waals surface area contributed by atoms with Crippen molar-refractivity contribution >= 4 is 0 Å². The van der Waals surface area contributed by atoms with E-state index in [0.29, 0.717) is 13.2 Å². The van der Waals surface area contributed by atoms with Crippen LogP contribution in [0.5, 0.6) is 0 Å². The third-order valence-corrected chi connectivity index (χ3v) is 9.83. The van der Waals surface area contributed by atoms with Crippen LogP contribution in [-0.2, 0) is 4.74 Å². The molecule has 5 atom stereocenters. The molecule has 1 saturated heterocycles. The second kappa shape index (κ2) is 12.5. The molecule has 5 unspecified atom stereocenters. The number of aliphatic hydroxyl groups excluding tert-OH is 2. The molecular weight excluding hydrogens is 398 g/mol. The summed E-state index contributed by atoms with van der Waals surface area (Å²) in [6.45, 7) is 4.16. The Morgan fingerprint density at radius 1 is 0.812 bits per heavy atom. The van der Waals surface area contributed by atoms with Crippen molar-refractivity contribution < 1.29 is 14.9 Å². The van der Waals surface area contributed by atoms with Crippen molar-refractivity contribution in [3.63, 3.8) is 0 Å². The van der Waals surface area contributed by atoms with E-state index in [0.717, 1.165) is 54.5 Å². The molecule has 0 radical (unpaired) electrons. The van der Waals surface area contributed by atoms with Gasteiger partial charge in [-0.25, -0.2) is 0 Å². The molecule has 4 heteroatoms. The van der Waals surface area contributed by atoms with Crippen LogP contribution in [0.15, 0.2) is 0 Å². The minimum absolute atomic E-state index is 0.368. The molecule has 4 rings (SSSR count). The Labute approximate surface area is 197 Å². The Morgan fingerprint density at radius 3 is 2.25 bits per heavy atom. The Morgan fingerprint density at radius 2 is 1.53 bits per heavy atom. The molecule has 0 aromatic rings. The molecule has 1 aliphatic heterocycles. The fraction of sp³-hybridized carbons (Fsp3) is 1.00. The average Bonchev–Trinajstić information content (AvgIpc) is 3.17. The largest absolute Gasteiger partial charge is 0.396 e. The highest BCUT2D eigenvalue weighted by Crippen LogP contribution is 2.48. The van der Waals surface area contributed by atoms with Crippen molar-refractivity contribution in [2.45, 2.75) is 128 Å². The SMILES string of the molecule is CC(O)OCCC1CCC2C(C1)C(CCC1CCCCC1)CN2C1CCC(CCO)CC1. The first-order valence-electron chi connectivity index (χ1n) is 14.3. The van der Waals surface area contributed by atoms with Gasteiger partial charge in [0, 0.05) is 31.8 Å². The number of aliphatic hydroxyl groups is 2. The molecule has 2 N–H and O–H groups in total. The fourth-order valence-electron chi connectivity index (χ4n) is 8.01. The summed E-state index contributed by atoms with van der Waals surface area (Å²) < 4.78 is 5.48. The number of hydrogen-bond donors (Lipinski definition) is 2. The molecule has 4 fully saturated rings. The number of hydrogen-bond acceptors (Lipinski definition) is 4. The highest BCUT2D eigenvalue weighted by atomic mass is 16.6. The summed E-state index contributed by atoms with van der Waals surface area (Å²) in [6.07, 6.45) is 21.3. The number of ether oxygens (including phenoxy) is 1. The second-order valence-electron chi connectivity index (χ2n) is 11.9. The highest BCUT2D eigenvalue weighted by Gasteiger charge is 2.47. The van der Waals surface area contributed by atoms with Crippen LogP contribution in [-0.4, -0.2) is 53.2 Å². The zero-order valence-electron chi connectivity index (χ0n) is 20.8. The maximum atomic E-state index is 9.46. The first-order valence-corrected chi connectivity index (χ1v) is 14.3. The second-order valence-corrected chi connectivity index (χ2v) is 11.9. The lowest BCUT2D eigenvalue weighted by Crippen LogP contribution is -2.44. The molecule has 3 aliphatic carbocycles. The van der Waals surface area contributed by atoms with Crippen LogP contribution >= 0.6 is 0 Å². The van der Waals surface area contributed by atoms with Crippen molar-refractivity contribution in [2.24, 2.45) is 29.6 Å². The predicted octanol–water partition coefficient (Wildman–Crippen LogP) is 5.75. The molecule has 0 aromatic heterocycles. The monoisotopic (exact) mass is 449 g/mol. The van der Waals surface area contributed by atoms with Gasteiger partial charge < -0.3 is 14.9 Å². The van der Waals surface area contributed by atoms with Gasteiger partial charge in [-0.1, -0.05) is 38.5 Å². The molecule has 32 heavy (non-hydrogen) atoms. The predicted molar refractivity (Wildman–Crippen MR) is 130 cm³/mol. The van der Waals surface area contributed by atoms with Crippen LogP contribution in [0.4, 0.5) is 0 Å². The van der Waals surface area contributed by atoms with Gasteiger partial charge in [0.25, 0.3) is 0 Å². The minimum atomic E-state index is -0.627. The van der Waals surface area contributed by atoms with E-state index in [1.165, 1.54) is 96.4 Å². The number of fused-ring (bicyclic) bond motifs is 1. The van der Waals surface area contributed by atoms with E-state index in [4.69, 9.17) is 4.74 Å².